The SMILES string of the molecule is COc1ccc(OC)c(CNC(=O)C2CC(c3ccc(Cl)cc3)NN2)c1. The van der Waals surface area contributed by atoms with E-state index in [0.29, 0.717) is 23.7 Å². The van der Waals surface area contributed by atoms with Crippen molar-refractivity contribution in [3.8, 4) is 11.5 Å². The second-order valence-electron chi connectivity index (χ2n) is 6.08. The highest BCUT2D eigenvalue weighted by Crippen LogP contribution is 2.25. The van der Waals surface area contributed by atoms with Crippen LogP contribution in [0.5, 0.6) is 11.5 Å². The van der Waals surface area contributed by atoms with E-state index in [4.69, 9.17) is 21.1 Å². The van der Waals surface area contributed by atoms with Gasteiger partial charge in [-0.2, -0.15) is 0 Å². The number of benzene rings is 2. The Morgan fingerprint density at radius 1 is 1.15 bits per heavy atom. The van der Waals surface area contributed by atoms with Gasteiger partial charge in [-0.05, 0) is 42.3 Å². The maximum atomic E-state index is 12.5. The quantitative estimate of drug-likeness (QED) is 0.724. The van der Waals surface area contributed by atoms with Crippen LogP contribution < -0.4 is 25.6 Å². The third kappa shape index (κ3) is 4.27. The molecule has 0 aliphatic carbocycles. The minimum atomic E-state index is -0.313. The average molecular weight is 376 g/mol. The summed E-state index contributed by atoms with van der Waals surface area (Å²) in [7, 11) is 3.21. The summed E-state index contributed by atoms with van der Waals surface area (Å²) in [6.07, 6.45) is 0.655. The molecular weight excluding hydrogens is 354 g/mol. The summed E-state index contributed by atoms with van der Waals surface area (Å²) in [5.41, 5.74) is 8.17. The van der Waals surface area contributed by atoms with Gasteiger partial charge in [-0.25, -0.2) is 10.9 Å². The van der Waals surface area contributed by atoms with Crippen LogP contribution in [0.15, 0.2) is 42.5 Å². The van der Waals surface area contributed by atoms with Crippen molar-refractivity contribution < 1.29 is 14.3 Å². The molecular formula is C19H22ClN3O3. The molecule has 3 N–H and O–H groups in total. The second kappa shape index (κ2) is 8.40. The minimum absolute atomic E-state index is 0.0642. The molecule has 7 heteroatoms. The summed E-state index contributed by atoms with van der Waals surface area (Å²) in [5, 5.41) is 3.65. The second-order valence-corrected chi connectivity index (χ2v) is 6.51. The van der Waals surface area contributed by atoms with Crippen molar-refractivity contribution in [1.29, 1.82) is 0 Å². The number of hydrogen-bond acceptors (Lipinski definition) is 5. The van der Waals surface area contributed by atoms with E-state index in [1.54, 1.807) is 14.2 Å². The Morgan fingerprint density at radius 3 is 2.62 bits per heavy atom. The number of amides is 1. The molecule has 138 valence electrons. The highest BCUT2D eigenvalue weighted by Gasteiger charge is 2.30. The first-order valence-corrected chi connectivity index (χ1v) is 8.73. The Balaban J connectivity index is 1.58. The Bertz CT molecular complexity index is 767. The lowest BCUT2D eigenvalue weighted by Crippen LogP contribution is -2.42. The Labute approximate surface area is 157 Å². The molecule has 0 aromatic heterocycles. The summed E-state index contributed by atoms with van der Waals surface area (Å²) in [4.78, 5) is 12.5. The summed E-state index contributed by atoms with van der Waals surface area (Å²) in [5.74, 6) is 1.36. The monoisotopic (exact) mass is 375 g/mol. The van der Waals surface area contributed by atoms with Crippen molar-refractivity contribution >= 4 is 17.5 Å². The van der Waals surface area contributed by atoms with Crippen LogP contribution in [0.25, 0.3) is 0 Å². The summed E-state index contributed by atoms with van der Waals surface area (Å²) >= 11 is 5.92. The smallest absolute Gasteiger partial charge is 0.238 e. The highest BCUT2D eigenvalue weighted by atomic mass is 35.5. The number of hydrogen-bond donors (Lipinski definition) is 3. The molecule has 6 nitrogen and oxygen atoms in total. The maximum Gasteiger partial charge on any atom is 0.238 e. The van der Waals surface area contributed by atoms with Crippen LogP contribution in [0.4, 0.5) is 0 Å². The maximum absolute atomic E-state index is 12.5. The molecule has 2 unspecified atom stereocenters. The molecule has 0 saturated carbocycles. The zero-order chi connectivity index (χ0) is 18.5. The van der Waals surface area contributed by atoms with Crippen LogP contribution in [-0.4, -0.2) is 26.2 Å². The number of rotatable bonds is 6. The van der Waals surface area contributed by atoms with Gasteiger partial charge < -0.3 is 14.8 Å². The molecule has 3 rings (SSSR count). The minimum Gasteiger partial charge on any atom is -0.497 e. The van der Waals surface area contributed by atoms with Gasteiger partial charge in [0.1, 0.15) is 17.5 Å². The van der Waals surface area contributed by atoms with Crippen molar-refractivity contribution in [3.63, 3.8) is 0 Å². The zero-order valence-corrected chi connectivity index (χ0v) is 15.5. The van der Waals surface area contributed by atoms with Gasteiger partial charge >= 0.3 is 0 Å². The van der Waals surface area contributed by atoms with Crippen molar-refractivity contribution in [3.05, 3.63) is 58.6 Å². The number of methoxy groups -OCH3 is 2. The van der Waals surface area contributed by atoms with Gasteiger partial charge in [0.2, 0.25) is 5.91 Å². The normalized spacial score (nSPS) is 19.2. The third-order valence-electron chi connectivity index (χ3n) is 4.43. The van der Waals surface area contributed by atoms with Gasteiger partial charge in [0.15, 0.2) is 0 Å². The van der Waals surface area contributed by atoms with E-state index in [2.05, 4.69) is 16.2 Å². The van der Waals surface area contributed by atoms with Gasteiger partial charge in [-0.15, -0.1) is 0 Å². The molecule has 2 aromatic carbocycles. The number of hydrazine groups is 1. The highest BCUT2D eigenvalue weighted by molar-refractivity contribution is 6.30. The zero-order valence-electron chi connectivity index (χ0n) is 14.7. The fourth-order valence-electron chi connectivity index (χ4n) is 2.97. The lowest BCUT2D eigenvalue weighted by Gasteiger charge is -2.14. The standard InChI is InChI=1S/C19H22ClN3O3/c1-25-15-7-8-18(26-2)13(9-15)11-21-19(24)17-10-16(22-23-17)12-3-5-14(20)6-4-12/h3-9,16-17,22-23H,10-11H2,1-2H3,(H,21,24). The molecule has 1 aliphatic rings. The number of nitrogens with one attached hydrogen (secondary N) is 3. The van der Waals surface area contributed by atoms with Crippen LogP contribution in [0.2, 0.25) is 5.02 Å². The molecule has 1 saturated heterocycles. The lowest BCUT2D eigenvalue weighted by atomic mass is 10.0. The average Bonchev–Trinajstić information content (AvgIpc) is 3.16. The van der Waals surface area contributed by atoms with Crippen LogP contribution in [0.3, 0.4) is 0 Å². The molecule has 2 aromatic rings. The van der Waals surface area contributed by atoms with Crippen molar-refractivity contribution in [1.82, 2.24) is 16.2 Å². The molecule has 1 fully saturated rings. The van der Waals surface area contributed by atoms with E-state index in [9.17, 15) is 4.79 Å². The van der Waals surface area contributed by atoms with E-state index in [1.807, 2.05) is 42.5 Å². The van der Waals surface area contributed by atoms with Crippen molar-refractivity contribution in [2.45, 2.75) is 25.0 Å². The molecule has 1 aliphatic heterocycles. The molecule has 0 spiro atoms. The van der Waals surface area contributed by atoms with E-state index >= 15 is 0 Å². The number of carbonyl (C=O) groups is 1. The third-order valence-corrected chi connectivity index (χ3v) is 4.68. The fourth-order valence-corrected chi connectivity index (χ4v) is 3.09. The van der Waals surface area contributed by atoms with E-state index in [1.165, 1.54) is 0 Å². The van der Waals surface area contributed by atoms with Gasteiger partial charge in [0.25, 0.3) is 0 Å². The summed E-state index contributed by atoms with van der Waals surface area (Å²) < 4.78 is 10.6. The number of carbonyl (C=O) groups excluding carboxylic acids is 1. The molecule has 0 bridgehead atoms. The first-order valence-electron chi connectivity index (χ1n) is 8.36. The molecule has 0 radical (unpaired) electrons. The Hall–Kier alpha value is -2.28. The van der Waals surface area contributed by atoms with Gasteiger partial charge in [-0.1, -0.05) is 23.7 Å². The van der Waals surface area contributed by atoms with Crippen LogP contribution in [0, 0.1) is 0 Å². The van der Waals surface area contributed by atoms with Crippen molar-refractivity contribution in [2.24, 2.45) is 0 Å². The fraction of sp³-hybridized carbons (Fsp3) is 0.316. The molecule has 1 heterocycles. The van der Waals surface area contributed by atoms with Gasteiger partial charge in [0, 0.05) is 23.2 Å². The molecule has 1 amide bonds. The topological polar surface area (TPSA) is 71.6 Å². The van der Waals surface area contributed by atoms with Gasteiger partial charge in [-0.3, -0.25) is 4.79 Å². The van der Waals surface area contributed by atoms with Crippen molar-refractivity contribution in [2.75, 3.05) is 14.2 Å². The number of halogens is 1. The van der Waals surface area contributed by atoms with Gasteiger partial charge in [0.05, 0.1) is 14.2 Å². The van der Waals surface area contributed by atoms with E-state index in [0.717, 1.165) is 16.9 Å². The number of ether oxygens (including phenoxy) is 2. The molecule has 2 atom stereocenters. The van der Waals surface area contributed by atoms with Crippen LogP contribution in [0.1, 0.15) is 23.6 Å². The first kappa shape index (κ1) is 18.5. The lowest BCUT2D eigenvalue weighted by molar-refractivity contribution is -0.123. The van der Waals surface area contributed by atoms with Crippen LogP contribution >= 0.6 is 11.6 Å². The summed E-state index contributed by atoms with van der Waals surface area (Å²) in [6.45, 7) is 0.364. The van der Waals surface area contributed by atoms with Crippen LogP contribution in [-0.2, 0) is 11.3 Å². The van der Waals surface area contributed by atoms with E-state index in [-0.39, 0.29) is 18.0 Å². The Morgan fingerprint density at radius 2 is 1.92 bits per heavy atom. The Kier molecular flexibility index (Phi) is 5.98. The largest absolute Gasteiger partial charge is 0.497 e. The summed E-state index contributed by atoms with van der Waals surface area (Å²) in [6, 6.07) is 12.9. The molecule has 26 heavy (non-hydrogen) atoms. The predicted molar refractivity (Wildman–Crippen MR) is 100 cm³/mol. The predicted octanol–water partition coefficient (Wildman–Crippen LogP) is 2.58. The first-order chi connectivity index (χ1) is 12.6. The van der Waals surface area contributed by atoms with E-state index < -0.39 is 0 Å².